The molecule has 1 aromatic carbocycles. The second-order valence-corrected chi connectivity index (χ2v) is 4.19. The van der Waals surface area contributed by atoms with Gasteiger partial charge in [-0.25, -0.2) is 4.79 Å². The first-order valence-electron chi connectivity index (χ1n) is 5.79. The Balaban J connectivity index is 2.44. The summed E-state index contributed by atoms with van der Waals surface area (Å²) >= 11 is 0. The Labute approximate surface area is 112 Å². The largest absolute Gasteiger partial charge is 0.480 e. The third-order valence-electron chi connectivity index (χ3n) is 2.36. The molecule has 1 aromatic rings. The van der Waals surface area contributed by atoms with Gasteiger partial charge in [-0.05, 0) is 19.1 Å². The molecule has 0 spiro atoms. The topological polar surface area (TPSA) is 81.9 Å². The van der Waals surface area contributed by atoms with Crippen LogP contribution >= 0.6 is 0 Å². The van der Waals surface area contributed by atoms with E-state index in [1.54, 1.807) is 38.4 Å². The fourth-order valence-corrected chi connectivity index (χ4v) is 1.39. The molecule has 0 aromatic heterocycles. The summed E-state index contributed by atoms with van der Waals surface area (Å²) in [6, 6.07) is 6.82. The monoisotopic (exact) mass is 266 g/mol. The van der Waals surface area contributed by atoms with E-state index in [9.17, 15) is 9.59 Å². The fraction of sp³-hybridized carbons (Fsp3) is 0.385. The van der Waals surface area contributed by atoms with E-state index in [1.807, 2.05) is 0 Å². The SMILES string of the molecule is CC(OC(=O)COc1ccccc1N)C(=O)N(C)C. The summed E-state index contributed by atoms with van der Waals surface area (Å²) in [5.74, 6) is -0.496. The van der Waals surface area contributed by atoms with Crippen molar-refractivity contribution in [3.8, 4) is 5.75 Å². The quantitative estimate of drug-likeness (QED) is 0.625. The zero-order valence-corrected chi connectivity index (χ0v) is 11.3. The number of anilines is 1. The van der Waals surface area contributed by atoms with Gasteiger partial charge < -0.3 is 20.1 Å². The van der Waals surface area contributed by atoms with Crippen molar-refractivity contribution in [2.45, 2.75) is 13.0 Å². The number of carbonyl (C=O) groups excluding carboxylic acids is 2. The Morgan fingerprint density at radius 3 is 2.53 bits per heavy atom. The smallest absolute Gasteiger partial charge is 0.344 e. The van der Waals surface area contributed by atoms with E-state index in [0.29, 0.717) is 11.4 Å². The van der Waals surface area contributed by atoms with Gasteiger partial charge in [-0.15, -0.1) is 0 Å². The Bertz CT molecular complexity index is 460. The molecule has 0 heterocycles. The Hall–Kier alpha value is -2.24. The minimum absolute atomic E-state index is 0.285. The third kappa shape index (κ3) is 4.50. The number of nitrogens with two attached hydrogens (primary N) is 1. The Morgan fingerprint density at radius 2 is 1.95 bits per heavy atom. The summed E-state index contributed by atoms with van der Waals surface area (Å²) in [7, 11) is 3.18. The van der Waals surface area contributed by atoms with Crippen LogP contribution < -0.4 is 10.5 Å². The van der Waals surface area contributed by atoms with E-state index in [2.05, 4.69) is 0 Å². The maximum Gasteiger partial charge on any atom is 0.344 e. The van der Waals surface area contributed by atoms with Crippen molar-refractivity contribution < 1.29 is 19.1 Å². The predicted octanol–water partition coefficient (Wildman–Crippen LogP) is 0.667. The average molecular weight is 266 g/mol. The van der Waals surface area contributed by atoms with Gasteiger partial charge >= 0.3 is 5.97 Å². The maximum atomic E-state index is 11.5. The van der Waals surface area contributed by atoms with Crippen molar-refractivity contribution in [3.63, 3.8) is 0 Å². The molecule has 0 saturated heterocycles. The van der Waals surface area contributed by atoms with Crippen molar-refractivity contribution in [3.05, 3.63) is 24.3 Å². The lowest BCUT2D eigenvalue weighted by Gasteiger charge is -2.17. The highest BCUT2D eigenvalue weighted by Crippen LogP contribution is 2.19. The van der Waals surface area contributed by atoms with Crippen LogP contribution in [0.25, 0.3) is 0 Å². The van der Waals surface area contributed by atoms with Crippen LogP contribution in [-0.2, 0) is 14.3 Å². The Morgan fingerprint density at radius 1 is 1.32 bits per heavy atom. The molecular weight excluding hydrogens is 248 g/mol. The van der Waals surface area contributed by atoms with E-state index in [1.165, 1.54) is 11.8 Å². The van der Waals surface area contributed by atoms with Crippen LogP contribution in [0.15, 0.2) is 24.3 Å². The molecule has 104 valence electrons. The molecule has 19 heavy (non-hydrogen) atoms. The first kappa shape index (κ1) is 14.8. The van der Waals surface area contributed by atoms with Crippen molar-refractivity contribution in [2.75, 3.05) is 26.4 Å². The van der Waals surface area contributed by atoms with Gasteiger partial charge in [0.25, 0.3) is 5.91 Å². The molecule has 1 amide bonds. The highest BCUT2D eigenvalue weighted by Gasteiger charge is 2.19. The zero-order chi connectivity index (χ0) is 14.4. The highest BCUT2D eigenvalue weighted by molar-refractivity contribution is 5.83. The molecular formula is C13H18N2O4. The van der Waals surface area contributed by atoms with Gasteiger partial charge in [-0.1, -0.05) is 12.1 Å². The zero-order valence-electron chi connectivity index (χ0n) is 11.3. The fourth-order valence-electron chi connectivity index (χ4n) is 1.39. The molecule has 2 N–H and O–H groups in total. The van der Waals surface area contributed by atoms with E-state index in [-0.39, 0.29) is 12.5 Å². The standard InChI is InChI=1S/C13H18N2O4/c1-9(13(17)15(2)3)19-12(16)8-18-11-7-5-4-6-10(11)14/h4-7,9H,8,14H2,1-3H3. The van der Waals surface area contributed by atoms with Gasteiger partial charge in [0, 0.05) is 14.1 Å². The molecule has 6 heteroatoms. The number of nitrogen functional groups attached to an aromatic ring is 1. The molecule has 0 fully saturated rings. The van der Waals surface area contributed by atoms with Crippen LogP contribution in [0.1, 0.15) is 6.92 Å². The summed E-state index contributed by atoms with van der Waals surface area (Å²) < 4.78 is 10.2. The summed E-state index contributed by atoms with van der Waals surface area (Å²) in [6.07, 6.45) is -0.834. The number of esters is 1. The third-order valence-corrected chi connectivity index (χ3v) is 2.36. The number of rotatable bonds is 5. The van der Waals surface area contributed by atoms with Crippen LogP contribution in [0.4, 0.5) is 5.69 Å². The number of nitrogens with zero attached hydrogens (tertiary/aromatic N) is 1. The summed E-state index contributed by atoms with van der Waals surface area (Å²) in [6.45, 7) is 1.22. The maximum absolute atomic E-state index is 11.5. The molecule has 6 nitrogen and oxygen atoms in total. The minimum atomic E-state index is -0.834. The lowest BCUT2D eigenvalue weighted by atomic mass is 10.3. The van der Waals surface area contributed by atoms with Crippen LogP contribution in [0.2, 0.25) is 0 Å². The molecule has 1 unspecified atom stereocenters. The van der Waals surface area contributed by atoms with Crippen LogP contribution in [-0.4, -0.2) is 43.6 Å². The molecule has 1 atom stereocenters. The summed E-state index contributed by atoms with van der Waals surface area (Å²) in [4.78, 5) is 24.4. The van der Waals surface area contributed by atoms with E-state index in [4.69, 9.17) is 15.2 Å². The van der Waals surface area contributed by atoms with Gasteiger partial charge in [0.1, 0.15) is 5.75 Å². The van der Waals surface area contributed by atoms with Crippen LogP contribution in [0.3, 0.4) is 0 Å². The summed E-state index contributed by atoms with van der Waals surface area (Å²) in [5, 5.41) is 0. The van der Waals surface area contributed by atoms with Gasteiger partial charge in [0.05, 0.1) is 5.69 Å². The van der Waals surface area contributed by atoms with Gasteiger partial charge in [-0.3, -0.25) is 4.79 Å². The van der Waals surface area contributed by atoms with E-state index >= 15 is 0 Å². The summed E-state index contributed by atoms with van der Waals surface area (Å²) in [5.41, 5.74) is 6.10. The molecule has 0 saturated carbocycles. The van der Waals surface area contributed by atoms with Gasteiger partial charge in [0.15, 0.2) is 12.7 Å². The molecule has 1 rings (SSSR count). The number of likely N-dealkylation sites (N-methyl/N-ethyl adjacent to an activating group) is 1. The van der Waals surface area contributed by atoms with Crippen LogP contribution in [0, 0.1) is 0 Å². The average Bonchev–Trinajstić information content (AvgIpc) is 2.36. The molecule has 0 aliphatic rings. The number of amides is 1. The first-order valence-corrected chi connectivity index (χ1v) is 5.79. The molecule has 0 aliphatic carbocycles. The van der Waals surface area contributed by atoms with Crippen molar-refractivity contribution in [2.24, 2.45) is 0 Å². The number of hydrogen-bond donors (Lipinski definition) is 1. The number of ether oxygens (including phenoxy) is 2. The first-order chi connectivity index (χ1) is 8.91. The normalized spacial score (nSPS) is 11.5. The molecule has 0 bridgehead atoms. The number of para-hydroxylation sites is 2. The van der Waals surface area contributed by atoms with E-state index in [0.717, 1.165) is 0 Å². The number of carbonyl (C=O) groups is 2. The van der Waals surface area contributed by atoms with E-state index < -0.39 is 12.1 Å². The van der Waals surface area contributed by atoms with Crippen molar-refractivity contribution >= 4 is 17.6 Å². The predicted molar refractivity (Wildman–Crippen MR) is 70.6 cm³/mol. The van der Waals surface area contributed by atoms with Gasteiger partial charge in [0.2, 0.25) is 0 Å². The lowest BCUT2D eigenvalue weighted by Crippen LogP contribution is -2.35. The second kappa shape index (κ2) is 6.63. The lowest BCUT2D eigenvalue weighted by molar-refractivity contribution is -0.159. The van der Waals surface area contributed by atoms with Gasteiger partial charge in [-0.2, -0.15) is 0 Å². The number of hydrogen-bond acceptors (Lipinski definition) is 5. The Kier molecular flexibility index (Phi) is 5.17. The molecule has 0 aliphatic heterocycles. The number of benzene rings is 1. The van der Waals surface area contributed by atoms with Crippen molar-refractivity contribution in [1.29, 1.82) is 0 Å². The molecule has 0 radical (unpaired) electrons. The van der Waals surface area contributed by atoms with Crippen LogP contribution in [0.5, 0.6) is 5.75 Å². The second-order valence-electron chi connectivity index (χ2n) is 4.19. The van der Waals surface area contributed by atoms with Crippen molar-refractivity contribution in [1.82, 2.24) is 4.90 Å². The highest BCUT2D eigenvalue weighted by atomic mass is 16.6. The minimum Gasteiger partial charge on any atom is -0.480 e.